The van der Waals surface area contributed by atoms with Crippen LogP contribution >= 0.6 is 0 Å². The predicted octanol–water partition coefficient (Wildman–Crippen LogP) is 2.30. The molecule has 1 rings (SSSR count). The molecule has 0 unspecified atom stereocenters. The Hall–Kier alpha value is -0.427. The molecule has 0 aliphatic rings. The van der Waals surface area contributed by atoms with Gasteiger partial charge in [-0.1, -0.05) is 12.1 Å². The Labute approximate surface area is 71.0 Å². The van der Waals surface area contributed by atoms with E-state index in [2.05, 4.69) is 0 Å². The summed E-state index contributed by atoms with van der Waals surface area (Å²) in [5.41, 5.74) is -0.00231. The first-order valence-corrected chi connectivity index (χ1v) is 2.52. The van der Waals surface area contributed by atoms with Crippen LogP contribution in [0, 0.1) is 12.5 Å². The molecule has 0 heterocycles. The molecule has 0 bridgehead atoms. The molecule has 0 aliphatic heterocycles. The van der Waals surface area contributed by atoms with E-state index in [1.54, 1.807) is 6.07 Å². The fourth-order valence-electron chi connectivity index (χ4n) is 0.564. The zero-order valence-electron chi connectivity index (χ0n) is 5.35. The summed E-state index contributed by atoms with van der Waals surface area (Å²) >= 11 is 0. The Kier molecular flexibility index (Phi) is 4.21. The average Bonchev–Trinajstić information content (AvgIpc) is 1.89. The van der Waals surface area contributed by atoms with Crippen LogP contribution in [0.15, 0.2) is 24.3 Å². The zero-order chi connectivity index (χ0) is 6.69. The average molecular weight is 193 g/mol. The number of halogens is 2. The maximum Gasteiger partial charge on any atom is 0.0184 e. The summed E-state index contributed by atoms with van der Waals surface area (Å²) in [5, 5.41) is 0. The van der Waals surface area contributed by atoms with Crippen LogP contribution in [0.5, 0.6) is 0 Å². The molecule has 0 nitrogen and oxygen atoms in total. The molecular formula is C7H5F2Zn-. The summed E-state index contributed by atoms with van der Waals surface area (Å²) in [7, 11) is 0. The van der Waals surface area contributed by atoms with Gasteiger partial charge in [-0.15, -0.1) is 11.6 Å². The Morgan fingerprint density at radius 2 is 1.80 bits per heavy atom. The number of rotatable bonds is 1. The van der Waals surface area contributed by atoms with Crippen LogP contribution in [0.3, 0.4) is 0 Å². The van der Waals surface area contributed by atoms with Crippen LogP contribution in [0.4, 0.5) is 8.78 Å². The molecule has 0 N–H and O–H groups in total. The van der Waals surface area contributed by atoms with E-state index in [0.29, 0.717) is 0 Å². The molecule has 0 fully saturated rings. The second-order valence-corrected chi connectivity index (χ2v) is 1.63. The van der Waals surface area contributed by atoms with Crippen molar-refractivity contribution in [3.63, 3.8) is 0 Å². The third-order valence-corrected chi connectivity index (χ3v) is 1.02. The van der Waals surface area contributed by atoms with Gasteiger partial charge >= 0.3 is 0 Å². The fraction of sp³-hybridized carbons (Fsp3) is 0. The zero-order valence-corrected chi connectivity index (χ0v) is 8.32. The van der Waals surface area contributed by atoms with Crippen molar-refractivity contribution in [2.24, 2.45) is 0 Å². The molecule has 50 valence electrons. The SMILES string of the molecule is F[CH-]c1ccccc1F.[Zn]. The van der Waals surface area contributed by atoms with E-state index in [0.717, 1.165) is 0 Å². The smallest absolute Gasteiger partial charge is 0.0184 e. The van der Waals surface area contributed by atoms with Crippen molar-refractivity contribution in [2.75, 3.05) is 0 Å². The van der Waals surface area contributed by atoms with Crippen molar-refractivity contribution in [1.29, 1.82) is 0 Å². The molecule has 0 spiro atoms. The second kappa shape index (κ2) is 4.40. The molecule has 0 atom stereocenters. The summed E-state index contributed by atoms with van der Waals surface area (Å²) in [4.78, 5) is 0. The molecule has 0 amide bonds. The van der Waals surface area contributed by atoms with Gasteiger partial charge in [-0.3, -0.25) is 8.78 Å². The van der Waals surface area contributed by atoms with Crippen molar-refractivity contribution < 1.29 is 28.3 Å². The van der Waals surface area contributed by atoms with Gasteiger partial charge in [0.25, 0.3) is 0 Å². The van der Waals surface area contributed by atoms with E-state index in [1.165, 1.54) is 18.2 Å². The van der Waals surface area contributed by atoms with E-state index in [4.69, 9.17) is 0 Å². The van der Waals surface area contributed by atoms with Crippen molar-refractivity contribution in [3.8, 4) is 0 Å². The van der Waals surface area contributed by atoms with E-state index in [9.17, 15) is 8.78 Å². The minimum atomic E-state index is -0.528. The van der Waals surface area contributed by atoms with Gasteiger partial charge in [0, 0.05) is 25.3 Å². The third kappa shape index (κ3) is 2.07. The summed E-state index contributed by atoms with van der Waals surface area (Å²) in [6.45, 7) is 0.245. The van der Waals surface area contributed by atoms with Crippen LogP contribution in [0.1, 0.15) is 5.56 Å². The van der Waals surface area contributed by atoms with Crippen LogP contribution in [-0.4, -0.2) is 0 Å². The molecule has 0 saturated heterocycles. The summed E-state index contributed by atoms with van der Waals surface area (Å²) in [6, 6.07) is 5.68. The van der Waals surface area contributed by atoms with Crippen molar-refractivity contribution in [3.05, 3.63) is 42.3 Å². The Bertz CT molecular complexity index is 201. The molecule has 3 heteroatoms. The number of benzene rings is 1. The van der Waals surface area contributed by atoms with Gasteiger partial charge in [0.05, 0.1) is 0 Å². The minimum absolute atomic E-state index is 0. The summed E-state index contributed by atoms with van der Waals surface area (Å²) in [5.74, 6) is -0.528. The molecule has 0 saturated carbocycles. The first-order valence-electron chi connectivity index (χ1n) is 2.52. The van der Waals surface area contributed by atoms with E-state index < -0.39 is 5.82 Å². The third-order valence-electron chi connectivity index (χ3n) is 1.02. The van der Waals surface area contributed by atoms with Crippen LogP contribution in [0.2, 0.25) is 0 Å². The molecule has 0 radical (unpaired) electrons. The van der Waals surface area contributed by atoms with Crippen molar-refractivity contribution >= 4 is 0 Å². The molecule has 0 aliphatic carbocycles. The second-order valence-electron chi connectivity index (χ2n) is 1.63. The quantitative estimate of drug-likeness (QED) is 0.473. The molecule has 10 heavy (non-hydrogen) atoms. The largest absolute Gasteiger partial charge is 0.292 e. The first-order chi connectivity index (χ1) is 4.34. The van der Waals surface area contributed by atoms with Gasteiger partial charge in [-0.2, -0.15) is 6.07 Å². The van der Waals surface area contributed by atoms with Gasteiger partial charge in [0.2, 0.25) is 0 Å². The monoisotopic (exact) mass is 191 g/mol. The Morgan fingerprint density at radius 1 is 1.20 bits per heavy atom. The van der Waals surface area contributed by atoms with Gasteiger partial charge in [-0.25, -0.2) is 0 Å². The molecular weight excluding hydrogens is 187 g/mol. The minimum Gasteiger partial charge on any atom is -0.292 e. The first kappa shape index (κ1) is 9.57. The topological polar surface area (TPSA) is 0 Å². The fourth-order valence-corrected chi connectivity index (χ4v) is 0.564. The van der Waals surface area contributed by atoms with E-state index in [1.807, 2.05) is 0 Å². The van der Waals surface area contributed by atoms with Crippen LogP contribution < -0.4 is 0 Å². The predicted molar refractivity (Wildman–Crippen MR) is 30.9 cm³/mol. The van der Waals surface area contributed by atoms with Gasteiger partial charge in [0.15, 0.2) is 0 Å². The van der Waals surface area contributed by atoms with Crippen LogP contribution in [0.25, 0.3) is 0 Å². The van der Waals surface area contributed by atoms with Crippen molar-refractivity contribution in [1.82, 2.24) is 0 Å². The Morgan fingerprint density at radius 3 is 2.20 bits per heavy atom. The molecule has 0 aromatic heterocycles. The van der Waals surface area contributed by atoms with Crippen LogP contribution in [-0.2, 0) is 19.5 Å². The van der Waals surface area contributed by atoms with E-state index >= 15 is 0 Å². The normalized spacial score (nSPS) is 8.20. The number of hydrogen-bond donors (Lipinski definition) is 0. The maximum atomic E-state index is 12.3. The van der Waals surface area contributed by atoms with Gasteiger partial charge in [0.1, 0.15) is 0 Å². The summed E-state index contributed by atoms with van der Waals surface area (Å²) in [6.07, 6.45) is 0. The van der Waals surface area contributed by atoms with E-state index in [-0.39, 0.29) is 31.7 Å². The van der Waals surface area contributed by atoms with Crippen molar-refractivity contribution in [2.45, 2.75) is 0 Å². The van der Waals surface area contributed by atoms with Gasteiger partial charge < -0.3 is 0 Å². The maximum absolute atomic E-state index is 12.3. The van der Waals surface area contributed by atoms with Gasteiger partial charge in [-0.05, 0) is 6.67 Å². The molecule has 1 aromatic carbocycles. The number of hydrogen-bond acceptors (Lipinski definition) is 0. The Balaban J connectivity index is 0.000000810. The summed E-state index contributed by atoms with van der Waals surface area (Å²) < 4.78 is 23.9. The standard InChI is InChI=1S/C7H5F2.Zn/c8-5-6-3-1-2-4-7(6)9;/h1-5H;/q-1;. The molecule has 1 aromatic rings.